The van der Waals surface area contributed by atoms with E-state index in [0.717, 1.165) is 12.8 Å². The third-order valence-corrected chi connectivity index (χ3v) is 1.96. The molecule has 0 aliphatic heterocycles. The maximum Gasteiger partial charge on any atom is 0.243 e. The van der Waals surface area contributed by atoms with Crippen LogP contribution in [0, 0.1) is 0 Å². The first-order valence-corrected chi connectivity index (χ1v) is 3.72. The minimum absolute atomic E-state index is 0.0930. The largest absolute Gasteiger partial charge is 0.381 e. The lowest BCUT2D eigenvalue weighted by Gasteiger charge is -2.34. The molecule has 62 valence electrons. The van der Waals surface area contributed by atoms with Gasteiger partial charge in [0.2, 0.25) is 5.91 Å². The maximum atomic E-state index is 10.7. The molecule has 0 bridgehead atoms. The molecule has 0 radical (unpaired) electrons. The van der Waals surface area contributed by atoms with Gasteiger partial charge < -0.3 is 10.1 Å². The SMILES string of the molecule is C=CC(=O)NC1CC(OC)C1. The van der Waals surface area contributed by atoms with Crippen LogP contribution in [-0.2, 0) is 9.53 Å². The molecule has 1 N–H and O–H groups in total. The lowest BCUT2D eigenvalue weighted by Crippen LogP contribution is -2.46. The summed E-state index contributed by atoms with van der Waals surface area (Å²) in [7, 11) is 1.69. The monoisotopic (exact) mass is 155 g/mol. The molecule has 1 amide bonds. The molecule has 0 aromatic heterocycles. The summed E-state index contributed by atoms with van der Waals surface area (Å²) in [5.41, 5.74) is 0. The molecule has 0 heterocycles. The Morgan fingerprint density at radius 3 is 2.82 bits per heavy atom. The fourth-order valence-corrected chi connectivity index (χ4v) is 1.14. The van der Waals surface area contributed by atoms with E-state index < -0.39 is 0 Å². The van der Waals surface area contributed by atoms with E-state index in [1.54, 1.807) is 7.11 Å². The molecular formula is C8H13NO2. The summed E-state index contributed by atoms with van der Waals surface area (Å²) in [6.45, 7) is 3.37. The summed E-state index contributed by atoms with van der Waals surface area (Å²) in [4.78, 5) is 10.7. The maximum absolute atomic E-state index is 10.7. The summed E-state index contributed by atoms with van der Waals surface area (Å²) in [5, 5.41) is 2.79. The lowest BCUT2D eigenvalue weighted by atomic mass is 9.89. The van der Waals surface area contributed by atoms with E-state index in [9.17, 15) is 4.79 Å². The van der Waals surface area contributed by atoms with Gasteiger partial charge >= 0.3 is 0 Å². The summed E-state index contributed by atoms with van der Waals surface area (Å²) >= 11 is 0. The summed E-state index contributed by atoms with van der Waals surface area (Å²) < 4.78 is 5.05. The van der Waals surface area contributed by atoms with Crippen molar-refractivity contribution in [2.75, 3.05) is 7.11 Å². The predicted octanol–water partition coefficient (Wildman–Crippen LogP) is 0.466. The van der Waals surface area contributed by atoms with Crippen molar-refractivity contribution in [1.29, 1.82) is 0 Å². The van der Waals surface area contributed by atoms with Gasteiger partial charge in [0.25, 0.3) is 0 Å². The highest BCUT2D eigenvalue weighted by molar-refractivity contribution is 5.87. The van der Waals surface area contributed by atoms with Crippen molar-refractivity contribution in [2.24, 2.45) is 0 Å². The van der Waals surface area contributed by atoms with Crippen molar-refractivity contribution in [3.63, 3.8) is 0 Å². The molecule has 0 aromatic rings. The zero-order chi connectivity index (χ0) is 8.27. The highest BCUT2D eigenvalue weighted by Gasteiger charge is 2.29. The molecule has 0 saturated heterocycles. The Morgan fingerprint density at radius 1 is 1.73 bits per heavy atom. The number of hydrogen-bond acceptors (Lipinski definition) is 2. The average molecular weight is 155 g/mol. The van der Waals surface area contributed by atoms with Crippen LogP contribution in [0.4, 0.5) is 0 Å². The minimum atomic E-state index is -0.0930. The molecule has 3 nitrogen and oxygen atoms in total. The van der Waals surface area contributed by atoms with E-state index in [2.05, 4.69) is 11.9 Å². The van der Waals surface area contributed by atoms with E-state index in [1.165, 1.54) is 6.08 Å². The first-order valence-electron chi connectivity index (χ1n) is 3.72. The van der Waals surface area contributed by atoms with Crippen molar-refractivity contribution < 1.29 is 9.53 Å². The van der Waals surface area contributed by atoms with Crippen molar-refractivity contribution >= 4 is 5.91 Å². The first-order chi connectivity index (χ1) is 5.26. The number of ether oxygens (including phenoxy) is 1. The van der Waals surface area contributed by atoms with Crippen LogP contribution in [0.15, 0.2) is 12.7 Å². The van der Waals surface area contributed by atoms with Crippen molar-refractivity contribution in [1.82, 2.24) is 5.32 Å². The van der Waals surface area contributed by atoms with Crippen LogP contribution in [-0.4, -0.2) is 25.2 Å². The number of amides is 1. The quantitative estimate of drug-likeness (QED) is 0.601. The minimum Gasteiger partial charge on any atom is -0.381 e. The van der Waals surface area contributed by atoms with E-state index in [1.807, 2.05) is 0 Å². The van der Waals surface area contributed by atoms with Crippen LogP contribution in [0.25, 0.3) is 0 Å². The molecule has 1 rings (SSSR count). The number of carbonyl (C=O) groups is 1. The summed E-state index contributed by atoms with van der Waals surface area (Å²) in [6, 6.07) is 0.297. The Morgan fingerprint density at radius 2 is 2.36 bits per heavy atom. The number of methoxy groups -OCH3 is 1. The fraction of sp³-hybridized carbons (Fsp3) is 0.625. The summed E-state index contributed by atoms with van der Waals surface area (Å²) in [5.74, 6) is -0.0930. The van der Waals surface area contributed by atoms with Gasteiger partial charge in [-0.15, -0.1) is 0 Å². The Hall–Kier alpha value is -0.830. The Balaban J connectivity index is 2.13. The molecule has 1 fully saturated rings. The van der Waals surface area contributed by atoms with Gasteiger partial charge in [0, 0.05) is 13.2 Å². The Bertz CT molecular complexity index is 161. The standard InChI is InChI=1S/C8H13NO2/c1-3-8(10)9-6-4-7(5-6)11-2/h3,6-7H,1,4-5H2,2H3,(H,9,10). The van der Waals surface area contributed by atoms with Crippen molar-refractivity contribution in [2.45, 2.75) is 25.0 Å². The highest BCUT2D eigenvalue weighted by atomic mass is 16.5. The van der Waals surface area contributed by atoms with Crippen molar-refractivity contribution in [3.8, 4) is 0 Å². The second-order valence-electron chi connectivity index (χ2n) is 2.74. The molecule has 1 saturated carbocycles. The van der Waals surface area contributed by atoms with Gasteiger partial charge in [-0.2, -0.15) is 0 Å². The number of rotatable bonds is 3. The second kappa shape index (κ2) is 3.53. The van der Waals surface area contributed by atoms with Gasteiger partial charge in [-0.1, -0.05) is 6.58 Å². The highest BCUT2D eigenvalue weighted by Crippen LogP contribution is 2.22. The molecule has 0 spiro atoms. The predicted molar refractivity (Wildman–Crippen MR) is 42.2 cm³/mol. The number of nitrogens with one attached hydrogen (secondary N) is 1. The second-order valence-corrected chi connectivity index (χ2v) is 2.74. The van der Waals surface area contributed by atoms with E-state index in [0.29, 0.717) is 12.1 Å². The first kappa shape index (κ1) is 8.27. The average Bonchev–Trinajstić information content (AvgIpc) is 1.95. The van der Waals surface area contributed by atoms with Crippen LogP contribution in [0.2, 0.25) is 0 Å². The van der Waals surface area contributed by atoms with Gasteiger partial charge in [-0.3, -0.25) is 4.79 Å². The molecule has 0 unspecified atom stereocenters. The zero-order valence-corrected chi connectivity index (χ0v) is 6.67. The van der Waals surface area contributed by atoms with Gasteiger partial charge in [-0.05, 0) is 18.9 Å². The van der Waals surface area contributed by atoms with Gasteiger partial charge in [-0.25, -0.2) is 0 Å². The molecule has 3 heteroatoms. The summed E-state index contributed by atoms with van der Waals surface area (Å²) in [6.07, 6.45) is 3.48. The number of hydrogen-bond donors (Lipinski definition) is 1. The fourth-order valence-electron chi connectivity index (χ4n) is 1.14. The number of carbonyl (C=O) groups excluding carboxylic acids is 1. The Labute approximate surface area is 66.4 Å². The topological polar surface area (TPSA) is 38.3 Å². The van der Waals surface area contributed by atoms with Crippen LogP contribution in [0.5, 0.6) is 0 Å². The van der Waals surface area contributed by atoms with Crippen molar-refractivity contribution in [3.05, 3.63) is 12.7 Å². The van der Waals surface area contributed by atoms with Gasteiger partial charge in [0.05, 0.1) is 6.10 Å². The molecule has 1 aliphatic rings. The van der Waals surface area contributed by atoms with Crippen LogP contribution in [0.3, 0.4) is 0 Å². The van der Waals surface area contributed by atoms with Crippen LogP contribution >= 0.6 is 0 Å². The molecule has 11 heavy (non-hydrogen) atoms. The van der Waals surface area contributed by atoms with Crippen LogP contribution in [0.1, 0.15) is 12.8 Å². The molecule has 0 atom stereocenters. The lowest BCUT2D eigenvalue weighted by molar-refractivity contribution is -0.118. The van der Waals surface area contributed by atoms with Gasteiger partial charge in [0.1, 0.15) is 0 Å². The normalized spacial score (nSPS) is 28.8. The third-order valence-electron chi connectivity index (χ3n) is 1.96. The van der Waals surface area contributed by atoms with Gasteiger partial charge in [0.15, 0.2) is 0 Å². The van der Waals surface area contributed by atoms with E-state index in [-0.39, 0.29) is 5.91 Å². The Kier molecular flexibility index (Phi) is 2.65. The molecule has 1 aliphatic carbocycles. The smallest absolute Gasteiger partial charge is 0.243 e. The van der Waals surface area contributed by atoms with Crippen LogP contribution < -0.4 is 5.32 Å². The van der Waals surface area contributed by atoms with E-state index >= 15 is 0 Å². The molecule has 0 aromatic carbocycles. The third kappa shape index (κ3) is 2.05. The zero-order valence-electron chi connectivity index (χ0n) is 6.67. The molecular weight excluding hydrogens is 142 g/mol. The van der Waals surface area contributed by atoms with E-state index in [4.69, 9.17) is 4.74 Å².